The molecule has 2 aliphatic rings. The highest BCUT2D eigenvalue weighted by molar-refractivity contribution is 5.96. The molecule has 6 heteroatoms. The number of hydrogen-bond donors (Lipinski definition) is 2. The van der Waals surface area contributed by atoms with Crippen molar-refractivity contribution in [1.29, 1.82) is 0 Å². The van der Waals surface area contributed by atoms with Crippen molar-refractivity contribution in [3.63, 3.8) is 0 Å². The smallest absolute Gasteiger partial charge is 0.310 e. The van der Waals surface area contributed by atoms with Crippen LogP contribution in [0.4, 0.5) is 5.69 Å². The Morgan fingerprint density at radius 1 is 1.07 bits per heavy atom. The van der Waals surface area contributed by atoms with E-state index in [2.05, 4.69) is 5.32 Å². The first-order chi connectivity index (χ1) is 13.0. The first-order valence-corrected chi connectivity index (χ1v) is 9.90. The number of benzene rings is 1. The van der Waals surface area contributed by atoms with Gasteiger partial charge < -0.3 is 15.3 Å². The van der Waals surface area contributed by atoms with Crippen molar-refractivity contribution in [2.45, 2.75) is 51.4 Å². The van der Waals surface area contributed by atoms with Crippen molar-refractivity contribution in [2.75, 3.05) is 18.4 Å². The van der Waals surface area contributed by atoms with E-state index in [0.717, 1.165) is 51.6 Å². The monoisotopic (exact) mass is 372 g/mol. The third kappa shape index (κ3) is 4.49. The number of nitrogens with one attached hydrogen (secondary N) is 1. The van der Waals surface area contributed by atoms with E-state index in [1.54, 1.807) is 31.2 Å². The van der Waals surface area contributed by atoms with Crippen molar-refractivity contribution >= 4 is 23.5 Å². The van der Waals surface area contributed by atoms with Gasteiger partial charge in [0.25, 0.3) is 0 Å². The number of amides is 2. The maximum Gasteiger partial charge on any atom is 0.310 e. The van der Waals surface area contributed by atoms with Crippen LogP contribution in [0.3, 0.4) is 0 Å². The zero-order chi connectivity index (χ0) is 19.4. The van der Waals surface area contributed by atoms with E-state index in [4.69, 9.17) is 0 Å². The molecule has 146 valence electrons. The molecular formula is C21H28N2O4. The lowest BCUT2D eigenvalue weighted by atomic mass is 9.77. The van der Waals surface area contributed by atoms with Crippen LogP contribution in [0.15, 0.2) is 24.3 Å². The third-order valence-electron chi connectivity index (χ3n) is 5.86. The summed E-state index contributed by atoms with van der Waals surface area (Å²) in [6, 6.07) is 6.96. The second-order valence-electron chi connectivity index (χ2n) is 7.70. The van der Waals surface area contributed by atoms with Gasteiger partial charge in [0.05, 0.1) is 5.92 Å². The molecule has 0 bridgehead atoms. The quantitative estimate of drug-likeness (QED) is 0.831. The Morgan fingerprint density at radius 2 is 1.74 bits per heavy atom. The fourth-order valence-corrected chi connectivity index (χ4v) is 4.18. The van der Waals surface area contributed by atoms with Gasteiger partial charge in [0, 0.05) is 30.6 Å². The van der Waals surface area contributed by atoms with Gasteiger partial charge in [-0.15, -0.1) is 0 Å². The predicted octanol–water partition coefficient (Wildman–Crippen LogP) is 3.24. The highest BCUT2D eigenvalue weighted by Crippen LogP contribution is 2.33. The summed E-state index contributed by atoms with van der Waals surface area (Å²) in [5.74, 6) is -2.10. The van der Waals surface area contributed by atoms with Crippen molar-refractivity contribution < 1.29 is 19.5 Å². The maximum absolute atomic E-state index is 12.9. The first-order valence-electron chi connectivity index (χ1n) is 9.90. The van der Waals surface area contributed by atoms with Gasteiger partial charge in [-0.05, 0) is 50.3 Å². The number of carbonyl (C=O) groups is 3. The van der Waals surface area contributed by atoms with Crippen LogP contribution in [0.1, 0.15) is 56.9 Å². The van der Waals surface area contributed by atoms with Gasteiger partial charge in [-0.25, -0.2) is 0 Å². The zero-order valence-corrected chi connectivity index (χ0v) is 15.8. The molecule has 0 spiro atoms. The standard InChI is InChI=1S/C21H28N2O4/c1-14(21(26)27)15-7-6-8-16(13-15)22-19(24)17-9-2-3-10-18(17)20(25)23-11-4-5-12-23/h6-8,13-14,17-18H,2-5,9-12H2,1H3,(H,22,24)(H,26,27). The number of aliphatic carboxylic acids is 1. The van der Waals surface area contributed by atoms with Crippen molar-refractivity contribution in [3.8, 4) is 0 Å². The molecule has 2 fully saturated rings. The summed E-state index contributed by atoms with van der Waals surface area (Å²) in [5, 5.41) is 12.1. The summed E-state index contributed by atoms with van der Waals surface area (Å²) in [6.07, 6.45) is 5.52. The summed E-state index contributed by atoms with van der Waals surface area (Å²) in [6.45, 7) is 3.23. The minimum atomic E-state index is -0.901. The summed E-state index contributed by atoms with van der Waals surface area (Å²) in [5.41, 5.74) is 1.23. The largest absolute Gasteiger partial charge is 0.481 e. The van der Waals surface area contributed by atoms with E-state index in [9.17, 15) is 19.5 Å². The highest BCUT2D eigenvalue weighted by atomic mass is 16.4. The summed E-state index contributed by atoms with van der Waals surface area (Å²) in [4.78, 5) is 38.9. The Morgan fingerprint density at radius 3 is 2.41 bits per heavy atom. The van der Waals surface area contributed by atoms with Crippen LogP contribution < -0.4 is 5.32 Å². The Labute approximate surface area is 159 Å². The van der Waals surface area contributed by atoms with E-state index in [1.807, 2.05) is 4.90 Å². The Bertz CT molecular complexity index is 712. The van der Waals surface area contributed by atoms with Gasteiger partial charge in [0.1, 0.15) is 0 Å². The summed E-state index contributed by atoms with van der Waals surface area (Å²) in [7, 11) is 0. The number of likely N-dealkylation sites (tertiary alicyclic amines) is 1. The number of rotatable bonds is 5. The van der Waals surface area contributed by atoms with Crippen LogP contribution in [-0.2, 0) is 14.4 Å². The van der Waals surface area contributed by atoms with E-state index < -0.39 is 11.9 Å². The van der Waals surface area contributed by atoms with Gasteiger partial charge >= 0.3 is 5.97 Å². The predicted molar refractivity (Wildman–Crippen MR) is 102 cm³/mol. The van der Waals surface area contributed by atoms with E-state index in [-0.39, 0.29) is 23.7 Å². The lowest BCUT2D eigenvalue weighted by Crippen LogP contribution is -2.42. The fraction of sp³-hybridized carbons (Fsp3) is 0.571. The van der Waals surface area contributed by atoms with Crippen LogP contribution in [0.2, 0.25) is 0 Å². The molecular weight excluding hydrogens is 344 g/mol. The number of hydrogen-bond acceptors (Lipinski definition) is 3. The summed E-state index contributed by atoms with van der Waals surface area (Å²) < 4.78 is 0. The topological polar surface area (TPSA) is 86.7 Å². The third-order valence-corrected chi connectivity index (χ3v) is 5.86. The maximum atomic E-state index is 12.9. The molecule has 1 saturated heterocycles. The lowest BCUT2D eigenvalue weighted by Gasteiger charge is -2.32. The number of carboxylic acid groups (broad SMARTS) is 1. The second-order valence-corrected chi connectivity index (χ2v) is 7.70. The average molecular weight is 372 g/mol. The minimum absolute atomic E-state index is 0.126. The zero-order valence-electron chi connectivity index (χ0n) is 15.8. The van der Waals surface area contributed by atoms with Crippen LogP contribution in [0, 0.1) is 11.8 Å². The molecule has 1 heterocycles. The average Bonchev–Trinajstić information content (AvgIpc) is 3.21. The van der Waals surface area contributed by atoms with Crippen molar-refractivity contribution in [1.82, 2.24) is 4.90 Å². The number of nitrogens with zero attached hydrogens (tertiary/aromatic N) is 1. The van der Waals surface area contributed by atoms with Crippen LogP contribution >= 0.6 is 0 Å². The van der Waals surface area contributed by atoms with Crippen LogP contribution in [-0.4, -0.2) is 40.9 Å². The molecule has 3 unspecified atom stereocenters. The molecule has 0 radical (unpaired) electrons. The molecule has 1 aliphatic carbocycles. The number of carboxylic acids is 1. The molecule has 3 atom stereocenters. The Hall–Kier alpha value is -2.37. The van der Waals surface area contributed by atoms with Gasteiger partial charge in [-0.1, -0.05) is 25.0 Å². The normalized spacial score (nSPS) is 23.7. The fourth-order valence-electron chi connectivity index (χ4n) is 4.18. The molecule has 27 heavy (non-hydrogen) atoms. The van der Waals surface area contributed by atoms with Crippen molar-refractivity contribution in [3.05, 3.63) is 29.8 Å². The molecule has 1 aromatic rings. The van der Waals surface area contributed by atoms with E-state index in [0.29, 0.717) is 11.3 Å². The lowest BCUT2D eigenvalue weighted by molar-refractivity contribution is -0.141. The highest BCUT2D eigenvalue weighted by Gasteiger charge is 2.38. The second kappa shape index (κ2) is 8.55. The van der Waals surface area contributed by atoms with Gasteiger partial charge in [0.2, 0.25) is 11.8 Å². The molecule has 6 nitrogen and oxygen atoms in total. The minimum Gasteiger partial charge on any atom is -0.481 e. The van der Waals surface area contributed by atoms with E-state index in [1.165, 1.54) is 0 Å². The molecule has 0 aromatic heterocycles. The molecule has 1 aliphatic heterocycles. The van der Waals surface area contributed by atoms with Crippen LogP contribution in [0.25, 0.3) is 0 Å². The molecule has 3 rings (SSSR count). The van der Waals surface area contributed by atoms with Crippen molar-refractivity contribution in [2.24, 2.45) is 11.8 Å². The first kappa shape index (κ1) is 19.4. The van der Waals surface area contributed by atoms with Gasteiger partial charge in [-0.2, -0.15) is 0 Å². The van der Waals surface area contributed by atoms with Gasteiger partial charge in [0.15, 0.2) is 0 Å². The van der Waals surface area contributed by atoms with Crippen LogP contribution in [0.5, 0.6) is 0 Å². The number of anilines is 1. The molecule has 2 amide bonds. The Balaban J connectivity index is 1.71. The van der Waals surface area contributed by atoms with Gasteiger partial charge in [-0.3, -0.25) is 14.4 Å². The molecule has 2 N–H and O–H groups in total. The summed E-state index contributed by atoms with van der Waals surface area (Å²) >= 11 is 0. The molecule has 1 aromatic carbocycles. The Kier molecular flexibility index (Phi) is 6.14. The SMILES string of the molecule is CC(C(=O)O)c1cccc(NC(=O)C2CCCCC2C(=O)N2CCCC2)c1. The number of carbonyl (C=O) groups excluding carboxylic acids is 2. The molecule has 1 saturated carbocycles. The van der Waals surface area contributed by atoms with E-state index >= 15 is 0 Å².